The van der Waals surface area contributed by atoms with Gasteiger partial charge < -0.3 is 9.47 Å². The largest absolute Gasteiger partial charge is 0.496 e. The molecule has 170 valence electrons. The summed E-state index contributed by atoms with van der Waals surface area (Å²) in [7, 11) is 1.44. The highest BCUT2D eigenvalue weighted by molar-refractivity contribution is 7.67. The Morgan fingerprint density at radius 3 is 2.12 bits per heavy atom. The molecule has 0 atom stereocenters. The van der Waals surface area contributed by atoms with Crippen LogP contribution in [-0.4, -0.2) is 25.2 Å². The predicted molar refractivity (Wildman–Crippen MR) is 133 cm³/mol. The van der Waals surface area contributed by atoms with Crippen LogP contribution in [0.1, 0.15) is 64.2 Å². The number of azide groups is 1. The molecule has 2 fully saturated rings. The van der Waals surface area contributed by atoms with Crippen molar-refractivity contribution in [2.75, 3.05) is 13.8 Å². The highest BCUT2D eigenvalue weighted by atomic mass is 31.1. The first-order valence-electron chi connectivity index (χ1n) is 12.0. The number of ether oxygens (including phenoxy) is 2. The quantitative estimate of drug-likeness (QED) is 0.178. The molecule has 0 aliphatic heterocycles. The van der Waals surface area contributed by atoms with Crippen molar-refractivity contribution in [1.29, 1.82) is 0 Å². The summed E-state index contributed by atoms with van der Waals surface area (Å²) >= 11 is 0. The van der Waals surface area contributed by atoms with Gasteiger partial charge in [-0.25, -0.2) is 0 Å². The summed E-state index contributed by atoms with van der Waals surface area (Å²) in [5.41, 5.74) is 12.5. The van der Waals surface area contributed by atoms with Crippen molar-refractivity contribution in [2.24, 2.45) is 5.11 Å². The van der Waals surface area contributed by atoms with E-state index in [1.54, 1.807) is 7.11 Å². The Morgan fingerprint density at radius 1 is 0.875 bits per heavy atom. The second kappa shape index (κ2) is 11.6. The molecule has 0 spiro atoms. The van der Waals surface area contributed by atoms with E-state index in [9.17, 15) is 0 Å². The van der Waals surface area contributed by atoms with E-state index in [0.29, 0.717) is 5.75 Å². The van der Waals surface area contributed by atoms with Crippen LogP contribution in [0.2, 0.25) is 0 Å². The van der Waals surface area contributed by atoms with Crippen molar-refractivity contribution in [2.45, 2.75) is 75.5 Å². The molecule has 0 unspecified atom stereocenters. The van der Waals surface area contributed by atoms with Crippen molar-refractivity contribution in [3.63, 3.8) is 0 Å². The van der Waals surface area contributed by atoms with Gasteiger partial charge in [0.05, 0.1) is 12.7 Å². The Labute approximate surface area is 192 Å². The monoisotopic (exact) mass is 451 g/mol. The van der Waals surface area contributed by atoms with Gasteiger partial charge >= 0.3 is 0 Å². The van der Waals surface area contributed by atoms with Gasteiger partial charge in [0.1, 0.15) is 11.5 Å². The van der Waals surface area contributed by atoms with Crippen molar-refractivity contribution in [3.05, 3.63) is 52.9 Å². The topological polar surface area (TPSA) is 67.2 Å². The molecule has 0 saturated heterocycles. The average Bonchev–Trinajstić information content (AvgIpc) is 2.86. The van der Waals surface area contributed by atoms with E-state index in [1.807, 2.05) is 18.2 Å². The van der Waals surface area contributed by atoms with Crippen LogP contribution >= 0.6 is 7.92 Å². The van der Waals surface area contributed by atoms with Crippen LogP contribution in [-0.2, 0) is 0 Å². The molecule has 5 nitrogen and oxygen atoms in total. The van der Waals surface area contributed by atoms with Gasteiger partial charge in [0.25, 0.3) is 0 Å². The van der Waals surface area contributed by atoms with E-state index in [2.05, 4.69) is 34.3 Å². The fourth-order valence-electron chi connectivity index (χ4n) is 5.51. The first-order valence-corrected chi connectivity index (χ1v) is 13.5. The van der Waals surface area contributed by atoms with Gasteiger partial charge in [-0.15, -0.1) is 0 Å². The minimum absolute atomic E-state index is 0.0289. The maximum Gasteiger partial charge on any atom is 0.167 e. The van der Waals surface area contributed by atoms with Crippen LogP contribution in [0, 0.1) is 0 Å². The van der Waals surface area contributed by atoms with Crippen LogP contribution < -0.4 is 14.8 Å². The number of nitrogens with zero attached hydrogens (tertiary/aromatic N) is 3. The van der Waals surface area contributed by atoms with E-state index >= 15 is 0 Å². The zero-order chi connectivity index (χ0) is 22.2. The molecular formula is C26H34N3O2P. The van der Waals surface area contributed by atoms with E-state index in [0.717, 1.165) is 22.6 Å². The summed E-state index contributed by atoms with van der Waals surface area (Å²) < 4.78 is 11.7. The lowest BCUT2D eigenvalue weighted by atomic mass is 9.99. The third-order valence-corrected chi connectivity index (χ3v) is 10.5. The van der Waals surface area contributed by atoms with Crippen LogP contribution in [0.25, 0.3) is 21.6 Å². The second-order valence-corrected chi connectivity index (χ2v) is 11.6. The highest BCUT2D eigenvalue weighted by Crippen LogP contribution is 2.57. The number of rotatable bonds is 8. The Balaban J connectivity index is 1.81. The molecule has 2 saturated carbocycles. The standard InChI is InChI=1S/C26H34N3O2P/c1-30-23-16-10-17-24(31-19-28-29-27)26(23)22-15-8-9-18-25(22)32(20-11-4-2-5-12-20)21-13-6-3-7-14-21/h8-10,15-18,20-21H,2-7,11-14,19H2,1H3. The van der Waals surface area contributed by atoms with E-state index in [1.165, 1.54) is 75.1 Å². The Kier molecular flexibility index (Phi) is 8.31. The predicted octanol–water partition coefficient (Wildman–Crippen LogP) is 7.78. The molecule has 32 heavy (non-hydrogen) atoms. The molecule has 0 amide bonds. The summed E-state index contributed by atoms with van der Waals surface area (Å²) in [4.78, 5) is 2.84. The fraction of sp³-hybridized carbons (Fsp3) is 0.538. The minimum atomic E-state index is -0.275. The molecule has 2 aromatic rings. The second-order valence-electron chi connectivity index (χ2n) is 8.85. The van der Waals surface area contributed by atoms with E-state index in [4.69, 9.17) is 15.0 Å². The molecular weight excluding hydrogens is 417 g/mol. The smallest absolute Gasteiger partial charge is 0.167 e. The van der Waals surface area contributed by atoms with Gasteiger partial charge in [-0.2, -0.15) is 0 Å². The van der Waals surface area contributed by atoms with E-state index in [-0.39, 0.29) is 14.7 Å². The molecule has 2 aliphatic rings. The normalized spacial score (nSPS) is 17.7. The summed E-state index contributed by atoms with van der Waals surface area (Å²) in [5, 5.41) is 5.08. The van der Waals surface area contributed by atoms with Gasteiger partial charge in [-0.3, -0.25) is 0 Å². The van der Waals surface area contributed by atoms with Crippen molar-refractivity contribution < 1.29 is 9.47 Å². The maximum absolute atomic E-state index is 8.69. The van der Waals surface area contributed by atoms with Crippen molar-refractivity contribution in [1.82, 2.24) is 0 Å². The summed E-state index contributed by atoms with van der Waals surface area (Å²) in [6, 6.07) is 14.8. The lowest BCUT2D eigenvalue weighted by Gasteiger charge is -2.39. The SMILES string of the molecule is COc1cccc(OCN=[N+]=[N-])c1-c1ccccc1P(C1CCCCC1)C1CCCCC1. The lowest BCUT2D eigenvalue weighted by molar-refractivity contribution is 0.327. The first-order chi connectivity index (χ1) is 15.8. The molecule has 4 rings (SSSR count). The van der Waals surface area contributed by atoms with Crippen LogP contribution in [0.4, 0.5) is 0 Å². The van der Waals surface area contributed by atoms with Gasteiger partial charge in [0.2, 0.25) is 0 Å². The number of hydrogen-bond acceptors (Lipinski definition) is 3. The molecule has 2 aliphatic carbocycles. The zero-order valence-electron chi connectivity index (χ0n) is 19.1. The summed E-state index contributed by atoms with van der Waals surface area (Å²) in [6.45, 7) is -0.0289. The van der Waals surface area contributed by atoms with Crippen LogP contribution in [0.3, 0.4) is 0 Å². The van der Waals surface area contributed by atoms with Crippen molar-refractivity contribution in [3.8, 4) is 22.6 Å². The third kappa shape index (κ3) is 5.22. The molecule has 6 heteroatoms. The van der Waals surface area contributed by atoms with Gasteiger partial charge in [-0.1, -0.05) is 81.9 Å². The molecule has 0 radical (unpaired) electrons. The molecule has 0 N–H and O–H groups in total. The average molecular weight is 452 g/mol. The van der Waals surface area contributed by atoms with Gasteiger partial charge in [0, 0.05) is 4.91 Å². The Hall–Kier alpha value is -2.22. The van der Waals surface area contributed by atoms with Gasteiger partial charge in [0.15, 0.2) is 6.73 Å². The Bertz CT molecular complexity index is 914. The van der Waals surface area contributed by atoms with E-state index < -0.39 is 0 Å². The molecule has 0 heterocycles. The Morgan fingerprint density at radius 2 is 1.50 bits per heavy atom. The third-order valence-electron chi connectivity index (χ3n) is 6.94. The summed E-state index contributed by atoms with van der Waals surface area (Å²) in [6.07, 6.45) is 13.7. The molecule has 0 aromatic heterocycles. The maximum atomic E-state index is 8.69. The molecule has 2 aromatic carbocycles. The zero-order valence-corrected chi connectivity index (χ0v) is 20.0. The molecule has 0 bridgehead atoms. The van der Waals surface area contributed by atoms with Crippen LogP contribution in [0.5, 0.6) is 11.5 Å². The number of hydrogen-bond donors (Lipinski definition) is 0. The summed E-state index contributed by atoms with van der Waals surface area (Å²) in [5.74, 6) is 1.52. The number of methoxy groups -OCH3 is 1. The lowest BCUT2D eigenvalue weighted by Crippen LogP contribution is -2.27. The first kappa shape index (κ1) is 23.0. The van der Waals surface area contributed by atoms with Crippen LogP contribution in [0.15, 0.2) is 47.6 Å². The number of benzene rings is 2. The van der Waals surface area contributed by atoms with Gasteiger partial charge in [-0.05, 0) is 65.5 Å². The fourth-order valence-corrected chi connectivity index (χ4v) is 9.46. The minimum Gasteiger partial charge on any atom is -0.496 e. The highest BCUT2D eigenvalue weighted by Gasteiger charge is 2.34. The van der Waals surface area contributed by atoms with Crippen molar-refractivity contribution >= 4 is 13.2 Å².